The maximum absolute atomic E-state index is 11.9. The second-order valence-corrected chi connectivity index (χ2v) is 5.36. The molecular formula is C17H21N2O3-. The fraction of sp³-hybridized carbons (Fsp3) is 0.353. The first kappa shape index (κ1) is 16.3. The van der Waals surface area contributed by atoms with Gasteiger partial charge in [0.05, 0.1) is 0 Å². The minimum Gasteiger partial charge on any atom is -0.758 e. The van der Waals surface area contributed by atoms with E-state index in [4.69, 9.17) is 0 Å². The van der Waals surface area contributed by atoms with Crippen LogP contribution in [0.5, 0.6) is 0 Å². The van der Waals surface area contributed by atoms with Crippen molar-refractivity contribution in [1.82, 2.24) is 5.32 Å². The molecule has 1 aromatic carbocycles. The fourth-order valence-electron chi connectivity index (χ4n) is 2.34. The van der Waals surface area contributed by atoms with E-state index in [1.165, 1.54) is 7.05 Å². The normalized spacial score (nSPS) is 18.0. The van der Waals surface area contributed by atoms with Crippen molar-refractivity contribution in [3.8, 4) is 0 Å². The highest BCUT2D eigenvalue weighted by atomic mass is 16.5. The number of allylic oxidation sites excluding steroid dienone is 3. The monoisotopic (exact) mass is 301 g/mol. The summed E-state index contributed by atoms with van der Waals surface area (Å²) in [6.07, 6.45) is 7.86. The van der Waals surface area contributed by atoms with Gasteiger partial charge in [-0.05, 0) is 37.6 Å². The van der Waals surface area contributed by atoms with Gasteiger partial charge in [0.2, 0.25) is 5.91 Å². The van der Waals surface area contributed by atoms with Gasteiger partial charge in [0.1, 0.15) is 6.10 Å². The van der Waals surface area contributed by atoms with E-state index in [1.807, 2.05) is 36.4 Å². The number of hydrogen-bond acceptors (Lipinski definition) is 4. The van der Waals surface area contributed by atoms with Crippen LogP contribution in [-0.4, -0.2) is 30.7 Å². The van der Waals surface area contributed by atoms with Crippen LogP contribution >= 0.6 is 0 Å². The van der Waals surface area contributed by atoms with Gasteiger partial charge in [-0.2, -0.15) is 0 Å². The lowest BCUT2D eigenvalue weighted by Crippen LogP contribution is -2.39. The molecule has 0 aliphatic heterocycles. The van der Waals surface area contributed by atoms with Gasteiger partial charge in [-0.15, -0.1) is 0 Å². The number of aliphatic hydroxyl groups excluding tert-OH is 1. The van der Waals surface area contributed by atoms with Crippen molar-refractivity contribution >= 4 is 11.6 Å². The van der Waals surface area contributed by atoms with Crippen LogP contribution in [0.25, 0.3) is 0 Å². The van der Waals surface area contributed by atoms with E-state index in [9.17, 15) is 15.1 Å². The Labute approximate surface area is 130 Å². The molecule has 1 aliphatic rings. The summed E-state index contributed by atoms with van der Waals surface area (Å²) in [5.74, 6) is -0.502. The van der Waals surface area contributed by atoms with E-state index in [0.29, 0.717) is 25.1 Å². The third-order valence-electron chi connectivity index (χ3n) is 3.70. The fourth-order valence-corrected chi connectivity index (χ4v) is 2.34. The molecular weight excluding hydrogens is 280 g/mol. The number of nitrogens with one attached hydrogen (secondary N) is 1. The van der Waals surface area contributed by atoms with E-state index in [-0.39, 0.29) is 11.8 Å². The summed E-state index contributed by atoms with van der Waals surface area (Å²) in [5.41, 5.74) is 1.63. The summed E-state index contributed by atoms with van der Waals surface area (Å²) in [5, 5.41) is 24.7. The Morgan fingerprint density at radius 2 is 2.14 bits per heavy atom. The van der Waals surface area contributed by atoms with Crippen molar-refractivity contribution < 1.29 is 9.90 Å². The number of hydroxylamine groups is 1. The van der Waals surface area contributed by atoms with Crippen LogP contribution in [0.15, 0.2) is 48.6 Å². The molecule has 1 amide bonds. The largest absolute Gasteiger partial charge is 0.758 e. The summed E-state index contributed by atoms with van der Waals surface area (Å²) >= 11 is 0. The third kappa shape index (κ3) is 4.44. The van der Waals surface area contributed by atoms with E-state index >= 15 is 0 Å². The minimum atomic E-state index is -1.02. The molecule has 5 heteroatoms. The molecule has 0 fully saturated rings. The van der Waals surface area contributed by atoms with Crippen LogP contribution in [-0.2, 0) is 11.2 Å². The number of aliphatic hydroxyl groups is 1. The summed E-state index contributed by atoms with van der Waals surface area (Å²) in [6, 6.07) is 7.22. The quantitative estimate of drug-likeness (QED) is 0.785. The van der Waals surface area contributed by atoms with Gasteiger partial charge >= 0.3 is 0 Å². The molecule has 0 bridgehead atoms. The van der Waals surface area contributed by atoms with Crippen molar-refractivity contribution in [2.45, 2.75) is 18.9 Å². The first-order valence-corrected chi connectivity index (χ1v) is 7.37. The summed E-state index contributed by atoms with van der Waals surface area (Å²) < 4.78 is 0. The molecule has 22 heavy (non-hydrogen) atoms. The lowest BCUT2D eigenvalue weighted by atomic mass is 9.94. The van der Waals surface area contributed by atoms with Crippen LogP contribution in [0.4, 0.5) is 5.69 Å². The minimum absolute atomic E-state index is 0.156. The predicted octanol–water partition coefficient (Wildman–Crippen LogP) is 1.77. The smallest absolute Gasteiger partial charge is 0.249 e. The first-order chi connectivity index (χ1) is 10.6. The zero-order valence-corrected chi connectivity index (χ0v) is 12.6. The number of benzene rings is 1. The van der Waals surface area contributed by atoms with E-state index in [1.54, 1.807) is 12.1 Å². The van der Waals surface area contributed by atoms with E-state index in [2.05, 4.69) is 5.32 Å². The molecule has 2 rings (SSSR count). The van der Waals surface area contributed by atoms with Crippen LogP contribution in [0, 0.1) is 11.1 Å². The molecule has 0 saturated heterocycles. The number of nitrogens with zero attached hydrogens (tertiary/aromatic N) is 1. The van der Waals surface area contributed by atoms with Crippen LogP contribution in [0.3, 0.4) is 0 Å². The molecule has 0 spiro atoms. The lowest BCUT2D eigenvalue weighted by molar-refractivity contribution is -0.131. The van der Waals surface area contributed by atoms with Gasteiger partial charge in [0.15, 0.2) is 0 Å². The molecule has 5 nitrogen and oxygen atoms in total. The van der Waals surface area contributed by atoms with Gasteiger partial charge in [-0.25, -0.2) is 0 Å². The SMILES string of the molecule is CN([O-])c1ccc(CCNC(=O)[C@H](O)C2C=CC=CC2)cc1. The lowest BCUT2D eigenvalue weighted by Gasteiger charge is -2.24. The average molecular weight is 301 g/mol. The Hall–Kier alpha value is -2.11. The van der Waals surface area contributed by atoms with Gasteiger partial charge in [0, 0.05) is 18.2 Å². The zero-order chi connectivity index (χ0) is 15.9. The van der Waals surface area contributed by atoms with Crippen LogP contribution in [0.2, 0.25) is 0 Å². The number of rotatable bonds is 6. The molecule has 118 valence electrons. The number of amides is 1. The molecule has 0 heterocycles. The highest BCUT2D eigenvalue weighted by Crippen LogP contribution is 2.16. The van der Waals surface area contributed by atoms with Crippen LogP contribution in [0.1, 0.15) is 12.0 Å². The molecule has 0 saturated carbocycles. The van der Waals surface area contributed by atoms with Crippen molar-refractivity contribution in [2.24, 2.45) is 5.92 Å². The molecule has 1 unspecified atom stereocenters. The number of carbonyl (C=O) groups excluding carboxylic acids is 1. The molecule has 2 N–H and O–H groups in total. The predicted molar refractivity (Wildman–Crippen MR) is 87.3 cm³/mol. The summed E-state index contributed by atoms with van der Waals surface area (Å²) in [7, 11) is 1.45. The highest BCUT2D eigenvalue weighted by Gasteiger charge is 2.23. The summed E-state index contributed by atoms with van der Waals surface area (Å²) in [4.78, 5) is 11.9. The van der Waals surface area contributed by atoms with Gasteiger partial charge in [-0.1, -0.05) is 36.4 Å². The Morgan fingerprint density at radius 3 is 2.73 bits per heavy atom. The number of anilines is 1. The average Bonchev–Trinajstić information content (AvgIpc) is 2.55. The van der Waals surface area contributed by atoms with Gasteiger partial charge < -0.3 is 20.7 Å². The number of hydrogen-bond donors (Lipinski definition) is 2. The van der Waals surface area contributed by atoms with Crippen molar-refractivity contribution in [2.75, 3.05) is 18.7 Å². The van der Waals surface area contributed by atoms with Gasteiger partial charge in [0.25, 0.3) is 0 Å². The maximum atomic E-state index is 11.9. The number of carbonyl (C=O) groups is 1. The van der Waals surface area contributed by atoms with E-state index < -0.39 is 6.10 Å². The van der Waals surface area contributed by atoms with E-state index in [0.717, 1.165) is 10.6 Å². The Kier molecular flexibility index (Phi) is 5.75. The van der Waals surface area contributed by atoms with Crippen molar-refractivity contribution in [1.29, 1.82) is 0 Å². The summed E-state index contributed by atoms with van der Waals surface area (Å²) in [6.45, 7) is 0.453. The molecule has 0 aromatic heterocycles. The first-order valence-electron chi connectivity index (χ1n) is 7.37. The highest BCUT2D eigenvalue weighted by molar-refractivity contribution is 5.81. The Bertz CT molecular complexity index is 550. The molecule has 0 radical (unpaired) electrons. The Morgan fingerprint density at radius 1 is 1.41 bits per heavy atom. The Balaban J connectivity index is 1.76. The molecule has 2 atom stereocenters. The second kappa shape index (κ2) is 7.77. The molecule has 1 aliphatic carbocycles. The standard InChI is InChI=1S/C17H21N2O3/c1-19(22)15-9-7-13(8-10-15)11-12-18-17(21)16(20)14-5-3-2-4-6-14/h2-5,7-10,14,16,20H,6,11-12H2,1H3,(H,18,21)/q-1/t14?,16-/m1/s1. The van der Waals surface area contributed by atoms with Crippen molar-refractivity contribution in [3.63, 3.8) is 0 Å². The molecule has 1 aromatic rings. The zero-order valence-electron chi connectivity index (χ0n) is 12.6. The van der Waals surface area contributed by atoms with Crippen molar-refractivity contribution in [3.05, 3.63) is 59.3 Å². The van der Waals surface area contributed by atoms with Gasteiger partial charge in [-0.3, -0.25) is 4.79 Å². The topological polar surface area (TPSA) is 75.6 Å². The second-order valence-electron chi connectivity index (χ2n) is 5.36. The van der Waals surface area contributed by atoms with Crippen LogP contribution < -0.4 is 10.4 Å². The third-order valence-corrected chi connectivity index (χ3v) is 3.70. The maximum Gasteiger partial charge on any atom is 0.249 e.